The molecule has 5 nitrogen and oxygen atoms in total. The molecule has 3 aromatic carbocycles. The molecule has 0 amide bonds. The molecule has 0 fully saturated rings. The summed E-state index contributed by atoms with van der Waals surface area (Å²) in [4.78, 5) is 15.3. The summed E-state index contributed by atoms with van der Waals surface area (Å²) in [5.74, 6) is -0.920. The maximum absolute atomic E-state index is 10.9. The molecule has 2 N–H and O–H groups in total. The van der Waals surface area contributed by atoms with E-state index in [1.165, 1.54) is 0 Å². The van der Waals surface area contributed by atoms with Crippen LogP contribution in [0.2, 0.25) is 0 Å². The minimum Gasteiger partial charge on any atom is -0.478 e. The van der Waals surface area contributed by atoms with Gasteiger partial charge in [0, 0.05) is 17.9 Å². The number of nitrogens with one attached hydrogen (secondary N) is 1. The average Bonchev–Trinajstić information content (AvgIpc) is 3.11. The van der Waals surface area contributed by atoms with Gasteiger partial charge in [-0.05, 0) is 54.1 Å². The number of aromatic carboxylic acids is 1. The van der Waals surface area contributed by atoms with Gasteiger partial charge >= 0.3 is 5.97 Å². The Morgan fingerprint density at radius 2 is 1.81 bits per heavy atom. The smallest absolute Gasteiger partial charge is 0.335 e. The van der Waals surface area contributed by atoms with Crippen LogP contribution in [0, 0.1) is 0 Å². The van der Waals surface area contributed by atoms with Crippen molar-refractivity contribution in [1.29, 1.82) is 0 Å². The third-order valence-electron chi connectivity index (χ3n) is 4.27. The minimum atomic E-state index is -0.920. The predicted octanol–water partition coefficient (Wildman–Crippen LogP) is 4.34. The molecular formula is C21H17N3O2. The zero-order valence-electron chi connectivity index (χ0n) is 14.0. The Morgan fingerprint density at radius 3 is 2.62 bits per heavy atom. The maximum atomic E-state index is 10.9. The van der Waals surface area contributed by atoms with Gasteiger partial charge in [0.25, 0.3) is 0 Å². The highest BCUT2D eigenvalue weighted by molar-refractivity contribution is 5.88. The number of para-hydroxylation sites is 2. The molecule has 26 heavy (non-hydrogen) atoms. The number of hydrogen-bond donors (Lipinski definition) is 2. The van der Waals surface area contributed by atoms with Crippen LogP contribution >= 0.6 is 0 Å². The van der Waals surface area contributed by atoms with Gasteiger partial charge in [-0.15, -0.1) is 0 Å². The van der Waals surface area contributed by atoms with Gasteiger partial charge < -0.3 is 10.4 Å². The SMILES string of the molecule is O=C(O)c1ccc(NCc2cccc(-n3cnc4ccccc43)c2)cc1. The molecule has 0 aliphatic heterocycles. The number of fused-ring (bicyclic) bond motifs is 1. The lowest BCUT2D eigenvalue weighted by Gasteiger charge is -2.10. The molecule has 0 bridgehead atoms. The first-order valence-electron chi connectivity index (χ1n) is 8.29. The summed E-state index contributed by atoms with van der Waals surface area (Å²) < 4.78 is 2.07. The molecule has 0 saturated heterocycles. The van der Waals surface area contributed by atoms with Crippen molar-refractivity contribution in [3.8, 4) is 5.69 Å². The molecule has 128 valence electrons. The molecule has 5 heteroatoms. The number of carbonyl (C=O) groups is 1. The van der Waals surface area contributed by atoms with Crippen LogP contribution in [0.5, 0.6) is 0 Å². The van der Waals surface area contributed by atoms with E-state index < -0.39 is 5.97 Å². The summed E-state index contributed by atoms with van der Waals surface area (Å²) in [5, 5.41) is 12.3. The maximum Gasteiger partial charge on any atom is 0.335 e. The molecule has 1 heterocycles. The van der Waals surface area contributed by atoms with E-state index >= 15 is 0 Å². The molecule has 0 saturated carbocycles. The zero-order valence-corrected chi connectivity index (χ0v) is 14.0. The van der Waals surface area contributed by atoms with Crippen molar-refractivity contribution < 1.29 is 9.90 Å². The molecule has 0 spiro atoms. The van der Waals surface area contributed by atoms with Gasteiger partial charge in [-0.2, -0.15) is 0 Å². The Morgan fingerprint density at radius 1 is 1.00 bits per heavy atom. The number of benzene rings is 3. The number of imidazole rings is 1. The van der Waals surface area contributed by atoms with Crippen LogP contribution in [0.4, 0.5) is 5.69 Å². The van der Waals surface area contributed by atoms with Crippen LogP contribution in [0.25, 0.3) is 16.7 Å². The van der Waals surface area contributed by atoms with Crippen LogP contribution in [0.3, 0.4) is 0 Å². The minimum absolute atomic E-state index is 0.282. The molecule has 1 aromatic heterocycles. The number of hydrogen-bond acceptors (Lipinski definition) is 3. The van der Waals surface area contributed by atoms with Gasteiger partial charge in [-0.1, -0.05) is 24.3 Å². The monoisotopic (exact) mass is 343 g/mol. The van der Waals surface area contributed by atoms with Crippen LogP contribution in [0.15, 0.2) is 79.1 Å². The lowest BCUT2D eigenvalue weighted by atomic mass is 10.1. The van der Waals surface area contributed by atoms with E-state index in [0.29, 0.717) is 6.54 Å². The van der Waals surface area contributed by atoms with Crippen molar-refractivity contribution in [3.05, 3.63) is 90.3 Å². The highest BCUT2D eigenvalue weighted by Crippen LogP contribution is 2.19. The Kier molecular flexibility index (Phi) is 4.11. The first-order valence-corrected chi connectivity index (χ1v) is 8.29. The van der Waals surface area contributed by atoms with Crippen molar-refractivity contribution in [3.63, 3.8) is 0 Å². The lowest BCUT2D eigenvalue weighted by Crippen LogP contribution is -2.02. The predicted molar refractivity (Wildman–Crippen MR) is 102 cm³/mol. The summed E-state index contributed by atoms with van der Waals surface area (Å²) in [6.45, 7) is 0.646. The van der Waals surface area contributed by atoms with E-state index in [4.69, 9.17) is 5.11 Å². The Balaban J connectivity index is 1.53. The van der Waals surface area contributed by atoms with Gasteiger partial charge in [-0.25, -0.2) is 9.78 Å². The van der Waals surface area contributed by atoms with Crippen LogP contribution in [-0.4, -0.2) is 20.6 Å². The third-order valence-corrected chi connectivity index (χ3v) is 4.27. The van der Waals surface area contributed by atoms with Crippen molar-refractivity contribution >= 4 is 22.7 Å². The van der Waals surface area contributed by atoms with Gasteiger partial charge in [0.1, 0.15) is 6.33 Å². The molecule has 0 unspecified atom stereocenters. The summed E-state index contributed by atoms with van der Waals surface area (Å²) in [7, 11) is 0. The number of aromatic nitrogens is 2. The fraction of sp³-hybridized carbons (Fsp3) is 0.0476. The van der Waals surface area contributed by atoms with Gasteiger partial charge in [-0.3, -0.25) is 4.57 Å². The summed E-state index contributed by atoms with van der Waals surface area (Å²) >= 11 is 0. The van der Waals surface area contributed by atoms with Crippen molar-refractivity contribution in [2.24, 2.45) is 0 Å². The highest BCUT2D eigenvalue weighted by atomic mass is 16.4. The second-order valence-electron chi connectivity index (χ2n) is 6.01. The van der Waals surface area contributed by atoms with Crippen LogP contribution in [0.1, 0.15) is 15.9 Å². The van der Waals surface area contributed by atoms with E-state index in [0.717, 1.165) is 28.0 Å². The molecule has 0 radical (unpaired) electrons. The number of carboxylic acid groups (broad SMARTS) is 1. The van der Waals surface area contributed by atoms with Gasteiger partial charge in [0.05, 0.1) is 16.6 Å². The van der Waals surface area contributed by atoms with Gasteiger partial charge in [0.2, 0.25) is 0 Å². The van der Waals surface area contributed by atoms with Gasteiger partial charge in [0.15, 0.2) is 0 Å². The average molecular weight is 343 g/mol. The Bertz CT molecular complexity index is 1070. The van der Waals surface area contributed by atoms with E-state index in [-0.39, 0.29) is 5.56 Å². The lowest BCUT2D eigenvalue weighted by molar-refractivity contribution is 0.0697. The highest BCUT2D eigenvalue weighted by Gasteiger charge is 2.05. The molecule has 0 aliphatic carbocycles. The molecular weight excluding hydrogens is 326 g/mol. The molecule has 0 atom stereocenters. The summed E-state index contributed by atoms with van der Waals surface area (Å²) in [6, 6.07) is 23.0. The van der Waals surface area contributed by atoms with E-state index in [1.54, 1.807) is 24.3 Å². The molecule has 4 rings (SSSR count). The van der Waals surface area contributed by atoms with E-state index in [9.17, 15) is 4.79 Å². The first-order chi connectivity index (χ1) is 12.7. The number of carboxylic acids is 1. The molecule has 0 aliphatic rings. The van der Waals surface area contributed by atoms with Crippen molar-refractivity contribution in [2.75, 3.05) is 5.32 Å². The first kappa shape index (κ1) is 15.9. The largest absolute Gasteiger partial charge is 0.478 e. The fourth-order valence-electron chi connectivity index (χ4n) is 2.92. The summed E-state index contributed by atoms with van der Waals surface area (Å²) in [6.07, 6.45) is 1.84. The quantitative estimate of drug-likeness (QED) is 0.566. The van der Waals surface area contributed by atoms with E-state index in [1.807, 2.05) is 30.6 Å². The van der Waals surface area contributed by atoms with Crippen molar-refractivity contribution in [2.45, 2.75) is 6.54 Å². The summed E-state index contributed by atoms with van der Waals surface area (Å²) in [5.41, 5.74) is 5.39. The van der Waals surface area contributed by atoms with Crippen LogP contribution < -0.4 is 5.32 Å². The fourth-order valence-corrected chi connectivity index (χ4v) is 2.92. The topological polar surface area (TPSA) is 67.2 Å². The Labute approximate surface area is 150 Å². The van der Waals surface area contributed by atoms with Crippen molar-refractivity contribution in [1.82, 2.24) is 9.55 Å². The number of rotatable bonds is 5. The second kappa shape index (κ2) is 6.72. The van der Waals surface area contributed by atoms with E-state index in [2.05, 4.69) is 39.1 Å². The standard InChI is InChI=1S/C21H17N3O2/c25-21(26)16-8-10-17(11-9-16)22-13-15-4-3-5-18(12-15)24-14-23-19-6-1-2-7-20(19)24/h1-12,14,22H,13H2,(H,25,26). The third kappa shape index (κ3) is 3.15. The molecule has 4 aromatic rings. The Hall–Kier alpha value is -3.60. The second-order valence-corrected chi connectivity index (χ2v) is 6.01. The number of anilines is 1. The normalized spacial score (nSPS) is 10.8. The van der Waals surface area contributed by atoms with Crippen LogP contribution in [-0.2, 0) is 6.54 Å². The zero-order chi connectivity index (χ0) is 17.9. The number of nitrogens with zero attached hydrogens (tertiary/aromatic N) is 2.